The predicted octanol–water partition coefficient (Wildman–Crippen LogP) is 2.63. The fourth-order valence-corrected chi connectivity index (χ4v) is 3.77. The number of nitrogens with zero attached hydrogens (tertiary/aromatic N) is 3. The molecule has 2 heterocycles. The highest BCUT2D eigenvalue weighted by atomic mass is 19.1. The SMILES string of the molecule is Cn1ncc2cc(Nc3nc(N[C@@H]4CCCC[C@@H]4N)c(F)cc3C(N)=O)ccc21. The smallest absolute Gasteiger partial charge is 0.252 e. The molecule has 1 aliphatic carbocycles. The number of carbonyl (C=O) groups excluding carboxylic acids is 1. The molecule has 4 rings (SSSR count). The van der Waals surface area contributed by atoms with E-state index in [1.54, 1.807) is 10.9 Å². The molecule has 0 spiro atoms. The highest BCUT2D eigenvalue weighted by Gasteiger charge is 2.24. The van der Waals surface area contributed by atoms with E-state index in [9.17, 15) is 9.18 Å². The van der Waals surface area contributed by atoms with Crippen molar-refractivity contribution in [3.05, 3.63) is 41.8 Å². The molecule has 0 unspecified atom stereocenters. The van der Waals surface area contributed by atoms with Crippen LogP contribution in [0.1, 0.15) is 36.0 Å². The normalized spacial score (nSPS) is 19.3. The fourth-order valence-electron chi connectivity index (χ4n) is 3.77. The number of hydrogen-bond donors (Lipinski definition) is 4. The van der Waals surface area contributed by atoms with Gasteiger partial charge in [-0.3, -0.25) is 9.48 Å². The zero-order chi connectivity index (χ0) is 20.5. The number of carbonyl (C=O) groups is 1. The number of fused-ring (bicyclic) bond motifs is 1. The van der Waals surface area contributed by atoms with Gasteiger partial charge in [0.1, 0.15) is 5.82 Å². The number of nitrogens with one attached hydrogen (secondary N) is 2. The summed E-state index contributed by atoms with van der Waals surface area (Å²) in [5.74, 6) is -1.15. The number of primary amides is 1. The Bertz CT molecular complexity index is 1060. The first-order chi connectivity index (χ1) is 13.9. The van der Waals surface area contributed by atoms with Crippen LogP contribution in [0, 0.1) is 5.82 Å². The van der Waals surface area contributed by atoms with E-state index in [2.05, 4.69) is 20.7 Å². The number of rotatable bonds is 5. The predicted molar refractivity (Wildman–Crippen MR) is 111 cm³/mol. The van der Waals surface area contributed by atoms with E-state index in [1.807, 2.05) is 25.2 Å². The molecule has 2 aromatic heterocycles. The molecule has 29 heavy (non-hydrogen) atoms. The van der Waals surface area contributed by atoms with E-state index in [4.69, 9.17) is 11.5 Å². The summed E-state index contributed by atoms with van der Waals surface area (Å²) in [5.41, 5.74) is 13.2. The summed E-state index contributed by atoms with van der Waals surface area (Å²) in [6, 6.07) is 6.59. The van der Waals surface area contributed by atoms with Crippen LogP contribution in [0.4, 0.5) is 21.7 Å². The summed E-state index contributed by atoms with van der Waals surface area (Å²) >= 11 is 0. The summed E-state index contributed by atoms with van der Waals surface area (Å²) < 4.78 is 16.4. The largest absolute Gasteiger partial charge is 0.365 e. The van der Waals surface area contributed by atoms with Crippen LogP contribution in [-0.4, -0.2) is 32.8 Å². The number of aryl methyl sites for hydroxylation is 1. The molecule has 0 aliphatic heterocycles. The number of anilines is 3. The standard InChI is InChI=1S/C20H24FN7O/c1-28-17-7-6-12(8-11(17)10-24-28)25-19-13(18(23)29)9-14(21)20(27-19)26-16-5-3-2-4-15(16)22/h6-10,15-16H,2-5,22H2,1H3,(H2,23,29)(H2,25,26,27)/t15-,16+/m0/s1. The minimum Gasteiger partial charge on any atom is -0.365 e. The summed E-state index contributed by atoms with van der Waals surface area (Å²) in [4.78, 5) is 16.2. The van der Waals surface area contributed by atoms with Gasteiger partial charge in [0.05, 0.1) is 17.3 Å². The Morgan fingerprint density at radius 2 is 2.03 bits per heavy atom. The van der Waals surface area contributed by atoms with Gasteiger partial charge in [0, 0.05) is 30.2 Å². The Hall–Kier alpha value is -3.20. The van der Waals surface area contributed by atoms with Crippen molar-refractivity contribution >= 4 is 34.1 Å². The monoisotopic (exact) mass is 397 g/mol. The molecular weight excluding hydrogens is 373 g/mol. The van der Waals surface area contributed by atoms with Gasteiger partial charge in [-0.25, -0.2) is 9.37 Å². The molecule has 1 amide bonds. The van der Waals surface area contributed by atoms with Crippen LogP contribution < -0.4 is 22.1 Å². The number of halogens is 1. The van der Waals surface area contributed by atoms with Crippen LogP contribution in [0.2, 0.25) is 0 Å². The van der Waals surface area contributed by atoms with E-state index >= 15 is 0 Å². The third kappa shape index (κ3) is 3.86. The van der Waals surface area contributed by atoms with Gasteiger partial charge in [-0.1, -0.05) is 12.8 Å². The van der Waals surface area contributed by atoms with E-state index in [0.717, 1.165) is 42.7 Å². The van der Waals surface area contributed by atoms with Crippen molar-refractivity contribution in [3.8, 4) is 0 Å². The minimum absolute atomic E-state index is 0.0210. The lowest BCUT2D eigenvalue weighted by molar-refractivity contribution is 0.100. The van der Waals surface area contributed by atoms with Crippen molar-refractivity contribution in [2.45, 2.75) is 37.8 Å². The van der Waals surface area contributed by atoms with E-state index in [1.165, 1.54) is 0 Å². The Morgan fingerprint density at radius 3 is 2.79 bits per heavy atom. The maximum absolute atomic E-state index is 14.6. The second-order valence-corrected chi connectivity index (χ2v) is 7.45. The van der Waals surface area contributed by atoms with Crippen LogP contribution >= 0.6 is 0 Å². The summed E-state index contributed by atoms with van der Waals surface area (Å²) in [7, 11) is 1.86. The zero-order valence-electron chi connectivity index (χ0n) is 16.2. The first-order valence-electron chi connectivity index (χ1n) is 9.63. The second kappa shape index (κ2) is 7.67. The van der Waals surface area contributed by atoms with E-state index in [0.29, 0.717) is 5.69 Å². The average molecular weight is 397 g/mol. The molecular formula is C20H24FN7O. The van der Waals surface area contributed by atoms with Gasteiger partial charge in [-0.2, -0.15) is 5.10 Å². The van der Waals surface area contributed by atoms with Gasteiger partial charge in [-0.15, -0.1) is 0 Å². The third-order valence-corrected chi connectivity index (χ3v) is 5.39. The molecule has 152 valence electrons. The molecule has 8 nitrogen and oxygen atoms in total. The number of pyridine rings is 1. The second-order valence-electron chi connectivity index (χ2n) is 7.45. The number of amides is 1. The lowest BCUT2D eigenvalue weighted by Crippen LogP contribution is -2.43. The molecule has 1 aliphatic rings. The molecule has 9 heteroatoms. The number of hydrogen-bond acceptors (Lipinski definition) is 6. The van der Waals surface area contributed by atoms with Crippen LogP contribution in [0.15, 0.2) is 30.5 Å². The molecule has 6 N–H and O–H groups in total. The van der Waals surface area contributed by atoms with Crippen molar-refractivity contribution in [2.24, 2.45) is 18.5 Å². The highest BCUT2D eigenvalue weighted by Crippen LogP contribution is 2.28. The van der Waals surface area contributed by atoms with Gasteiger partial charge >= 0.3 is 0 Å². The third-order valence-electron chi connectivity index (χ3n) is 5.39. The van der Waals surface area contributed by atoms with Crippen molar-refractivity contribution in [1.82, 2.24) is 14.8 Å². The van der Waals surface area contributed by atoms with Gasteiger partial charge in [0.25, 0.3) is 5.91 Å². The molecule has 0 bridgehead atoms. The Labute approximate surface area is 167 Å². The van der Waals surface area contributed by atoms with Gasteiger partial charge in [0.2, 0.25) is 0 Å². The average Bonchev–Trinajstić information content (AvgIpc) is 3.06. The van der Waals surface area contributed by atoms with Crippen LogP contribution in [0.25, 0.3) is 10.9 Å². The summed E-state index contributed by atoms with van der Waals surface area (Å²) in [6.07, 6.45) is 5.57. The molecule has 2 atom stereocenters. The summed E-state index contributed by atoms with van der Waals surface area (Å²) in [6.45, 7) is 0. The number of aromatic nitrogens is 3. The van der Waals surface area contributed by atoms with Gasteiger partial charge < -0.3 is 22.1 Å². The maximum Gasteiger partial charge on any atom is 0.252 e. The molecule has 3 aromatic rings. The van der Waals surface area contributed by atoms with E-state index in [-0.39, 0.29) is 29.3 Å². The van der Waals surface area contributed by atoms with Gasteiger partial charge in [-0.05, 0) is 37.1 Å². The number of nitrogens with two attached hydrogens (primary N) is 2. The summed E-state index contributed by atoms with van der Waals surface area (Å²) in [5, 5.41) is 11.3. The first-order valence-corrected chi connectivity index (χ1v) is 9.63. The fraction of sp³-hybridized carbons (Fsp3) is 0.350. The lowest BCUT2D eigenvalue weighted by Gasteiger charge is -2.30. The molecule has 1 fully saturated rings. The number of benzene rings is 1. The van der Waals surface area contributed by atoms with Crippen molar-refractivity contribution in [1.29, 1.82) is 0 Å². The van der Waals surface area contributed by atoms with Crippen LogP contribution in [-0.2, 0) is 7.05 Å². The maximum atomic E-state index is 14.6. The Kier molecular flexibility index (Phi) is 5.06. The first kappa shape index (κ1) is 19.1. The Morgan fingerprint density at radius 1 is 1.24 bits per heavy atom. The van der Waals surface area contributed by atoms with Crippen molar-refractivity contribution in [3.63, 3.8) is 0 Å². The molecule has 0 radical (unpaired) electrons. The van der Waals surface area contributed by atoms with E-state index < -0.39 is 11.7 Å². The van der Waals surface area contributed by atoms with Crippen LogP contribution in [0.3, 0.4) is 0 Å². The molecule has 0 saturated heterocycles. The lowest BCUT2D eigenvalue weighted by atomic mass is 9.91. The minimum atomic E-state index is -0.762. The van der Waals surface area contributed by atoms with Crippen molar-refractivity contribution in [2.75, 3.05) is 10.6 Å². The molecule has 1 aromatic carbocycles. The van der Waals surface area contributed by atoms with Crippen molar-refractivity contribution < 1.29 is 9.18 Å². The zero-order valence-corrected chi connectivity index (χ0v) is 16.2. The quantitative estimate of drug-likeness (QED) is 0.525. The highest BCUT2D eigenvalue weighted by molar-refractivity contribution is 5.99. The van der Waals surface area contributed by atoms with Crippen LogP contribution in [0.5, 0.6) is 0 Å². The Balaban J connectivity index is 1.67. The topological polar surface area (TPSA) is 124 Å². The molecule has 1 saturated carbocycles. The van der Waals surface area contributed by atoms with Gasteiger partial charge in [0.15, 0.2) is 11.6 Å².